The van der Waals surface area contributed by atoms with Crippen LogP contribution in [0.5, 0.6) is 5.75 Å². The Hall–Kier alpha value is -1.82. The third-order valence-corrected chi connectivity index (χ3v) is 3.51. The summed E-state index contributed by atoms with van der Waals surface area (Å²) < 4.78 is 11.3. The van der Waals surface area contributed by atoms with E-state index in [2.05, 4.69) is 20.9 Å². The van der Waals surface area contributed by atoms with Crippen molar-refractivity contribution in [2.75, 3.05) is 7.11 Å². The maximum atomic E-state index is 11.3. The lowest BCUT2D eigenvalue weighted by Crippen LogP contribution is -2.03. The predicted octanol–water partition coefficient (Wildman–Crippen LogP) is 4.01. The van der Waals surface area contributed by atoms with E-state index in [1.54, 1.807) is 25.3 Å². The minimum atomic E-state index is -1.10. The zero-order valence-corrected chi connectivity index (χ0v) is 13.6. The number of carbonyl (C=O) groups is 1. The second kappa shape index (κ2) is 6.30. The number of rotatable bonds is 5. The number of methoxy groups -OCH3 is 1. The molecule has 0 aliphatic rings. The van der Waals surface area contributed by atoms with Gasteiger partial charge in [-0.15, -0.1) is 0 Å². The van der Waals surface area contributed by atoms with Crippen LogP contribution in [0.3, 0.4) is 0 Å². The molecule has 2 aromatic rings. The number of benzene rings is 1. The van der Waals surface area contributed by atoms with Gasteiger partial charge in [0, 0.05) is 5.56 Å². The molecule has 1 aromatic carbocycles. The molecule has 0 saturated carbocycles. The molecule has 112 valence electrons. The highest BCUT2D eigenvalue weighted by Gasteiger charge is 2.21. The number of aromatic nitrogens is 1. The average molecular weight is 354 g/mol. The van der Waals surface area contributed by atoms with E-state index in [-0.39, 0.29) is 5.76 Å². The molecule has 0 saturated heterocycles. The molecule has 5 nitrogen and oxygen atoms in total. The van der Waals surface area contributed by atoms with E-state index in [0.29, 0.717) is 35.2 Å². The van der Waals surface area contributed by atoms with Crippen molar-refractivity contribution in [3.8, 4) is 17.2 Å². The van der Waals surface area contributed by atoms with Gasteiger partial charge in [0.05, 0.1) is 17.3 Å². The first-order valence-corrected chi connectivity index (χ1v) is 7.28. The molecule has 0 bridgehead atoms. The van der Waals surface area contributed by atoms with E-state index in [1.807, 2.05) is 13.8 Å². The van der Waals surface area contributed by atoms with Crippen molar-refractivity contribution in [3.63, 3.8) is 0 Å². The largest absolute Gasteiger partial charge is 0.496 e. The molecule has 0 spiro atoms. The van der Waals surface area contributed by atoms with Gasteiger partial charge in [0.15, 0.2) is 0 Å². The number of hydrogen-bond acceptors (Lipinski definition) is 4. The van der Waals surface area contributed by atoms with E-state index >= 15 is 0 Å². The van der Waals surface area contributed by atoms with E-state index in [9.17, 15) is 9.90 Å². The van der Waals surface area contributed by atoms with Crippen molar-refractivity contribution >= 4 is 21.9 Å². The number of oxazole rings is 1. The summed E-state index contributed by atoms with van der Waals surface area (Å²) in [6.07, 6.45) is 0.558. The molecule has 0 radical (unpaired) electrons. The van der Waals surface area contributed by atoms with Crippen LogP contribution in [0.2, 0.25) is 0 Å². The Kier molecular flexibility index (Phi) is 4.67. The fourth-order valence-corrected chi connectivity index (χ4v) is 2.51. The molecule has 2 rings (SSSR count). The van der Waals surface area contributed by atoms with Gasteiger partial charge >= 0.3 is 5.97 Å². The zero-order valence-electron chi connectivity index (χ0n) is 12.0. The predicted molar refractivity (Wildman–Crippen MR) is 81.7 cm³/mol. The molecule has 0 aliphatic carbocycles. The molecular weight excluding hydrogens is 338 g/mol. The van der Waals surface area contributed by atoms with Gasteiger partial charge in [0.1, 0.15) is 5.75 Å². The molecule has 0 atom stereocenters. The minimum absolute atomic E-state index is 0.0920. The Balaban J connectivity index is 2.44. The normalized spacial score (nSPS) is 10.9. The SMILES string of the molecule is COc1ccc(-c2nc(CC(C)C)c(C(=O)O)o2)cc1Br. The van der Waals surface area contributed by atoms with Crippen LogP contribution in [-0.2, 0) is 6.42 Å². The summed E-state index contributed by atoms with van der Waals surface area (Å²) in [5.74, 6) is 0.0869. The van der Waals surface area contributed by atoms with Gasteiger partial charge in [-0.25, -0.2) is 9.78 Å². The van der Waals surface area contributed by atoms with Gasteiger partial charge in [-0.1, -0.05) is 13.8 Å². The Morgan fingerprint density at radius 2 is 2.19 bits per heavy atom. The van der Waals surface area contributed by atoms with Gasteiger partial charge < -0.3 is 14.3 Å². The summed E-state index contributed by atoms with van der Waals surface area (Å²) in [5, 5.41) is 9.21. The van der Waals surface area contributed by atoms with Crippen LogP contribution in [0.25, 0.3) is 11.5 Å². The lowest BCUT2D eigenvalue weighted by molar-refractivity contribution is 0.0661. The molecule has 0 aliphatic heterocycles. The summed E-state index contributed by atoms with van der Waals surface area (Å²) >= 11 is 3.39. The van der Waals surface area contributed by atoms with Gasteiger partial charge in [-0.05, 0) is 46.5 Å². The van der Waals surface area contributed by atoms with Gasteiger partial charge in [-0.2, -0.15) is 0 Å². The van der Waals surface area contributed by atoms with Crippen molar-refractivity contribution < 1.29 is 19.1 Å². The molecule has 1 heterocycles. The highest BCUT2D eigenvalue weighted by molar-refractivity contribution is 9.10. The van der Waals surface area contributed by atoms with Gasteiger partial charge in [0.25, 0.3) is 0 Å². The second-order valence-corrected chi connectivity index (χ2v) is 5.90. The Labute approximate surface area is 131 Å². The molecular formula is C15H16BrNO4. The van der Waals surface area contributed by atoms with Crippen LogP contribution in [0.15, 0.2) is 27.1 Å². The molecule has 1 aromatic heterocycles. The first-order chi connectivity index (χ1) is 9.92. The summed E-state index contributed by atoms with van der Waals surface area (Å²) in [6.45, 7) is 4.01. The van der Waals surface area contributed by atoms with E-state index < -0.39 is 5.97 Å². The van der Waals surface area contributed by atoms with Crippen LogP contribution in [-0.4, -0.2) is 23.2 Å². The number of carboxylic acids is 1. The summed E-state index contributed by atoms with van der Waals surface area (Å²) in [6, 6.07) is 5.34. The van der Waals surface area contributed by atoms with Crippen molar-refractivity contribution in [2.24, 2.45) is 5.92 Å². The van der Waals surface area contributed by atoms with Crippen LogP contribution >= 0.6 is 15.9 Å². The maximum absolute atomic E-state index is 11.3. The second-order valence-electron chi connectivity index (χ2n) is 5.05. The third-order valence-electron chi connectivity index (χ3n) is 2.89. The van der Waals surface area contributed by atoms with Crippen LogP contribution in [0.1, 0.15) is 30.1 Å². The highest BCUT2D eigenvalue weighted by Crippen LogP contribution is 2.31. The Morgan fingerprint density at radius 3 is 2.71 bits per heavy atom. The number of hydrogen-bond donors (Lipinski definition) is 1. The molecule has 0 amide bonds. The first kappa shape index (κ1) is 15.6. The average Bonchev–Trinajstić information content (AvgIpc) is 2.81. The Bertz CT molecular complexity index is 664. The fraction of sp³-hybridized carbons (Fsp3) is 0.333. The summed E-state index contributed by atoms with van der Waals surface area (Å²) in [5.41, 5.74) is 1.17. The summed E-state index contributed by atoms with van der Waals surface area (Å²) in [4.78, 5) is 15.6. The van der Waals surface area contributed by atoms with Crippen LogP contribution < -0.4 is 4.74 Å². The smallest absolute Gasteiger partial charge is 0.373 e. The van der Waals surface area contributed by atoms with Crippen molar-refractivity contribution in [1.82, 2.24) is 4.98 Å². The highest BCUT2D eigenvalue weighted by atomic mass is 79.9. The number of aromatic carboxylic acids is 1. The quantitative estimate of drug-likeness (QED) is 0.878. The molecule has 0 unspecified atom stereocenters. The van der Waals surface area contributed by atoms with Crippen molar-refractivity contribution in [2.45, 2.75) is 20.3 Å². The number of ether oxygens (including phenoxy) is 1. The van der Waals surface area contributed by atoms with Gasteiger partial charge in [-0.3, -0.25) is 0 Å². The number of halogens is 1. The van der Waals surface area contributed by atoms with E-state index in [1.165, 1.54) is 0 Å². The van der Waals surface area contributed by atoms with E-state index in [4.69, 9.17) is 9.15 Å². The summed E-state index contributed by atoms with van der Waals surface area (Å²) in [7, 11) is 1.58. The third kappa shape index (κ3) is 3.44. The van der Waals surface area contributed by atoms with Gasteiger partial charge in [0.2, 0.25) is 11.7 Å². The lowest BCUT2D eigenvalue weighted by Gasteiger charge is -2.03. The van der Waals surface area contributed by atoms with Crippen LogP contribution in [0, 0.1) is 5.92 Å². The van der Waals surface area contributed by atoms with Crippen molar-refractivity contribution in [3.05, 3.63) is 34.1 Å². The molecule has 1 N–H and O–H groups in total. The topological polar surface area (TPSA) is 72.6 Å². The van der Waals surface area contributed by atoms with E-state index in [0.717, 1.165) is 4.47 Å². The number of carboxylic acid groups (broad SMARTS) is 1. The fourth-order valence-electron chi connectivity index (χ4n) is 1.97. The maximum Gasteiger partial charge on any atom is 0.373 e. The number of nitrogens with zero attached hydrogens (tertiary/aromatic N) is 1. The molecule has 0 fully saturated rings. The zero-order chi connectivity index (χ0) is 15.6. The van der Waals surface area contributed by atoms with Crippen molar-refractivity contribution in [1.29, 1.82) is 0 Å². The Morgan fingerprint density at radius 1 is 1.48 bits per heavy atom. The molecule has 21 heavy (non-hydrogen) atoms. The molecule has 6 heteroatoms. The lowest BCUT2D eigenvalue weighted by atomic mass is 10.1. The first-order valence-electron chi connectivity index (χ1n) is 6.49. The minimum Gasteiger partial charge on any atom is -0.496 e. The monoisotopic (exact) mass is 353 g/mol. The van der Waals surface area contributed by atoms with Crippen LogP contribution in [0.4, 0.5) is 0 Å². The standard InChI is InChI=1S/C15H16BrNO4/c1-8(2)6-11-13(15(18)19)21-14(17-11)9-4-5-12(20-3)10(16)7-9/h4-5,7-8H,6H2,1-3H3,(H,18,19).